The largest absolute Gasteiger partial charge is 0.481 e. The highest BCUT2D eigenvalue weighted by molar-refractivity contribution is 5.62. The van der Waals surface area contributed by atoms with Crippen molar-refractivity contribution in [3.63, 3.8) is 0 Å². The highest BCUT2D eigenvalue weighted by atomic mass is 16.4. The molecule has 0 saturated heterocycles. The van der Waals surface area contributed by atoms with Crippen molar-refractivity contribution in [2.24, 2.45) is 0 Å². The van der Waals surface area contributed by atoms with Gasteiger partial charge in [0, 0.05) is 6.92 Å². The van der Waals surface area contributed by atoms with Crippen LogP contribution >= 0.6 is 0 Å². The fourth-order valence-electron chi connectivity index (χ4n) is 0.671. The molecule has 26 heteroatoms. The molecular weight excluding hydrogens is 476 g/mol. The first-order valence-electron chi connectivity index (χ1n) is 7.09. The summed E-state index contributed by atoms with van der Waals surface area (Å²) in [4.78, 5) is 21.0. The maximum Gasteiger partial charge on any atom is 0.300 e. The smallest absolute Gasteiger partial charge is 0.300 e. The average molecular weight is 506 g/mol. The van der Waals surface area contributed by atoms with Gasteiger partial charge in [-0.25, -0.2) is 0 Å². The van der Waals surface area contributed by atoms with Gasteiger partial charge in [-0.2, -0.15) is 0 Å². The number of hydrogen-bond acceptors (Lipinski definition) is 19. The van der Waals surface area contributed by atoms with Crippen LogP contribution in [0.4, 0.5) is 0 Å². The Morgan fingerprint density at radius 2 is 0.647 bits per heavy atom. The third-order valence-corrected chi connectivity index (χ3v) is 1.51. The minimum absolute atomic E-state index is 0.726. The van der Waals surface area contributed by atoms with E-state index in [9.17, 15) is 0 Å². The molecular formula is C8H30N18O8+6. The molecule has 0 saturated carbocycles. The lowest BCUT2D eigenvalue weighted by molar-refractivity contribution is -0.134. The van der Waals surface area contributed by atoms with Crippen LogP contribution in [-0.2, 0) is 4.79 Å². The quantitative estimate of drug-likeness (QED) is 0.136. The van der Waals surface area contributed by atoms with Crippen molar-refractivity contribution < 1.29 is 40.5 Å². The Morgan fingerprint density at radius 3 is 0.706 bits per heavy atom. The second-order valence-electron chi connectivity index (χ2n) is 3.67. The molecule has 194 valence electrons. The molecule has 0 heterocycles. The lowest BCUT2D eigenvalue weighted by Crippen LogP contribution is -2.46. The number of aliphatic hydroxyl groups is 6. The first kappa shape index (κ1) is 51.6. The Bertz CT molecular complexity index is 525. The Labute approximate surface area is 188 Å². The third-order valence-electron chi connectivity index (χ3n) is 1.51. The monoisotopic (exact) mass is 506 g/mol. The van der Waals surface area contributed by atoms with E-state index in [0.717, 1.165) is 6.92 Å². The summed E-state index contributed by atoms with van der Waals surface area (Å²) in [6.45, 7) is -0.368. The van der Waals surface area contributed by atoms with Crippen LogP contribution in [0.3, 0.4) is 0 Å². The number of carbonyl (C=O) groups is 1. The molecule has 0 amide bonds. The number of nitrogens with one attached hydrogen (secondary N) is 12. The van der Waals surface area contributed by atoms with Gasteiger partial charge in [0.1, 0.15) is 90.8 Å². The van der Waals surface area contributed by atoms with Crippen molar-refractivity contribution in [3.05, 3.63) is 0 Å². The number of carboxylic acids is 1. The summed E-state index contributed by atoms with van der Waals surface area (Å²) < 4.78 is 0. The van der Waals surface area contributed by atoms with E-state index in [1.54, 1.807) is 0 Å². The zero-order chi connectivity index (χ0) is 29.5. The van der Waals surface area contributed by atoms with Gasteiger partial charge in [-0.1, -0.05) is 0 Å². The predicted molar refractivity (Wildman–Crippen MR) is 96.9 cm³/mol. The van der Waals surface area contributed by atoms with Crippen molar-refractivity contribution >= 4 is 5.97 Å². The van der Waals surface area contributed by atoms with E-state index in [1.165, 1.54) is 0 Å². The van der Waals surface area contributed by atoms with Crippen molar-refractivity contribution in [1.29, 1.82) is 66.4 Å². The summed E-state index contributed by atoms with van der Waals surface area (Å²) in [5, 5.41) is 59.6. The molecule has 0 rings (SSSR count). The molecule has 0 radical (unpaired) electrons. The minimum atomic E-state index is -1.67. The van der Waals surface area contributed by atoms with E-state index >= 15 is 0 Å². The number of nitrogens with zero attached hydrogens (tertiary/aromatic N) is 6. The number of aliphatic carboxylic acids is 1. The minimum Gasteiger partial charge on any atom is -0.481 e. The molecule has 0 aliphatic rings. The molecule has 4 atom stereocenters. The first-order chi connectivity index (χ1) is 15.8. The molecule has 19 N–H and O–H groups in total. The van der Waals surface area contributed by atoms with E-state index < -0.39 is 43.6 Å². The zero-order valence-electron chi connectivity index (χ0n) is 17.4. The van der Waals surface area contributed by atoms with E-state index in [0.29, 0.717) is 0 Å². The van der Waals surface area contributed by atoms with Crippen LogP contribution in [-0.4, -0.2) is 79.3 Å². The van der Waals surface area contributed by atoms with E-state index in [1.807, 2.05) is 29.5 Å². The molecule has 0 aliphatic heterocycles. The van der Waals surface area contributed by atoms with Gasteiger partial charge in [-0.15, -0.1) is 0 Å². The molecule has 0 spiro atoms. The third kappa shape index (κ3) is 150. The molecule has 34 heavy (non-hydrogen) atoms. The van der Waals surface area contributed by atoms with Gasteiger partial charge in [-0.05, 0) is 0 Å². The van der Waals surface area contributed by atoms with Gasteiger partial charge in [0.15, 0.2) is 0 Å². The lowest BCUT2D eigenvalue weighted by atomic mass is 10.0. The van der Waals surface area contributed by atoms with Crippen molar-refractivity contribution in [2.75, 3.05) is 13.2 Å². The summed E-state index contributed by atoms with van der Waals surface area (Å²) in [5.41, 5.74) is 66.0. The second-order valence-corrected chi connectivity index (χ2v) is 3.67. The Balaban J connectivity index is -0.0000000428. The fraction of sp³-hybridized carbons (Fsp3) is 0.875. The molecule has 26 nitrogen and oxygen atoms in total. The molecule has 0 aliphatic carbocycles. The standard InChI is InChI=1S/C6H14O6.C2H4O2.6H2N3/c7-1-3(9)5(11)6(12)4(10)2-8;1-2(3)4;6*1-3-2/h3-12H,1-2H2;1H3,(H,3,4);6*1-2H/q;;6*+1. The fourth-order valence-corrected chi connectivity index (χ4v) is 0.671. The van der Waals surface area contributed by atoms with Crippen molar-refractivity contribution in [3.8, 4) is 0 Å². The van der Waals surface area contributed by atoms with Gasteiger partial charge < -0.3 is 35.7 Å². The Hall–Kier alpha value is -4.91. The van der Waals surface area contributed by atoms with Gasteiger partial charge in [-0.3, -0.25) is 4.79 Å². The molecule has 4 unspecified atom stereocenters. The SMILES string of the molecule is CC(=O)O.N=[N+]=N.N=[N+]=N.N=[N+]=N.N=[N+]=N.N=[N+]=N.N=[N+]=N.OCC(O)C(O)C(O)C(O)CO. The Kier molecular flexibility index (Phi) is 95.6. The van der Waals surface area contributed by atoms with Gasteiger partial charge in [0.05, 0.1) is 13.2 Å². The van der Waals surface area contributed by atoms with Gasteiger partial charge >= 0.3 is 0 Å². The number of aliphatic hydroxyl groups excluding tert-OH is 6. The van der Waals surface area contributed by atoms with Crippen molar-refractivity contribution in [1.82, 2.24) is 29.5 Å². The van der Waals surface area contributed by atoms with E-state index in [2.05, 4.69) is 0 Å². The molecule has 0 bridgehead atoms. The molecule has 0 aromatic carbocycles. The van der Waals surface area contributed by atoms with Crippen LogP contribution < -0.4 is 29.5 Å². The summed E-state index contributed by atoms with van der Waals surface area (Å²) in [5.74, 6) is -0.833. The van der Waals surface area contributed by atoms with E-state index in [4.69, 9.17) is 107 Å². The second kappa shape index (κ2) is 63.0. The highest BCUT2D eigenvalue weighted by Crippen LogP contribution is 2.03. The normalized spacial score (nSPS) is 9.74. The number of rotatable bonds is 5. The van der Waals surface area contributed by atoms with Crippen LogP contribution in [0.25, 0.3) is 0 Å². The van der Waals surface area contributed by atoms with Crippen LogP contribution in [0.15, 0.2) is 0 Å². The summed E-state index contributed by atoms with van der Waals surface area (Å²) in [6.07, 6.45) is -6.39. The van der Waals surface area contributed by atoms with Crippen LogP contribution in [0.5, 0.6) is 0 Å². The van der Waals surface area contributed by atoms with Crippen LogP contribution in [0.1, 0.15) is 6.92 Å². The summed E-state index contributed by atoms with van der Waals surface area (Å²) in [7, 11) is 0. The van der Waals surface area contributed by atoms with Crippen LogP contribution in [0, 0.1) is 66.4 Å². The first-order valence-corrected chi connectivity index (χ1v) is 7.09. The number of carboxylic acid groups (broad SMARTS) is 1. The number of hydrogen-bond donors (Lipinski definition) is 19. The molecule has 0 aromatic rings. The van der Waals surface area contributed by atoms with Gasteiger partial charge in [0.2, 0.25) is 29.5 Å². The maximum atomic E-state index is 9.00. The molecule has 0 aromatic heterocycles. The summed E-state index contributed by atoms with van der Waals surface area (Å²) in [6, 6.07) is 0. The predicted octanol–water partition coefficient (Wildman–Crippen LogP) is -2.80. The Morgan fingerprint density at radius 1 is 0.559 bits per heavy atom. The zero-order valence-corrected chi connectivity index (χ0v) is 17.4. The van der Waals surface area contributed by atoms with E-state index in [-0.39, 0.29) is 0 Å². The topological polar surface area (TPSA) is 529 Å². The van der Waals surface area contributed by atoms with Crippen molar-refractivity contribution in [2.45, 2.75) is 31.3 Å². The lowest BCUT2D eigenvalue weighted by Gasteiger charge is -2.24. The maximum absolute atomic E-state index is 9.00. The summed E-state index contributed by atoms with van der Waals surface area (Å²) >= 11 is 0. The van der Waals surface area contributed by atoms with Gasteiger partial charge in [0.25, 0.3) is 5.97 Å². The van der Waals surface area contributed by atoms with Crippen LogP contribution in [0.2, 0.25) is 0 Å². The average Bonchev–Trinajstić information content (AvgIpc) is 2.74. The highest BCUT2D eigenvalue weighted by Gasteiger charge is 2.29. The molecule has 0 fully saturated rings.